The lowest BCUT2D eigenvalue weighted by molar-refractivity contribution is -0.122. The monoisotopic (exact) mass is 336 g/mol. The van der Waals surface area contributed by atoms with Crippen molar-refractivity contribution in [2.24, 2.45) is 5.73 Å². The largest absolute Gasteiger partial charge is 0.349 e. The first-order chi connectivity index (χ1) is 10.2. The Hall–Kier alpha value is -1.36. The molecule has 1 aliphatic rings. The second kappa shape index (κ2) is 7.77. The number of fused-ring (bicyclic) bond motifs is 1. The number of amides is 1. The Morgan fingerprint density at radius 3 is 2.86 bits per heavy atom. The van der Waals surface area contributed by atoms with Crippen molar-refractivity contribution in [2.75, 3.05) is 0 Å². The molecule has 2 aromatic rings. The SMILES string of the molecule is Cl.NC(CC(=O)NC1CCCc2sccc21)c1ccccc1. The summed E-state index contributed by atoms with van der Waals surface area (Å²) in [4.78, 5) is 13.7. The van der Waals surface area contributed by atoms with E-state index in [1.54, 1.807) is 11.3 Å². The van der Waals surface area contributed by atoms with Gasteiger partial charge in [-0.3, -0.25) is 4.79 Å². The first-order valence-electron chi connectivity index (χ1n) is 7.40. The van der Waals surface area contributed by atoms with Gasteiger partial charge in [-0.25, -0.2) is 0 Å². The molecule has 1 aromatic carbocycles. The fourth-order valence-electron chi connectivity index (χ4n) is 2.91. The molecule has 0 bridgehead atoms. The van der Waals surface area contributed by atoms with Crippen LogP contribution in [0.5, 0.6) is 0 Å². The van der Waals surface area contributed by atoms with Crippen LogP contribution >= 0.6 is 23.7 Å². The lowest BCUT2D eigenvalue weighted by Crippen LogP contribution is -2.32. The number of carbonyl (C=O) groups is 1. The van der Waals surface area contributed by atoms with E-state index in [0.29, 0.717) is 6.42 Å². The minimum atomic E-state index is -0.239. The number of hydrogen-bond acceptors (Lipinski definition) is 3. The number of aryl methyl sites for hydroxylation is 1. The van der Waals surface area contributed by atoms with Crippen LogP contribution in [0.3, 0.4) is 0 Å². The normalized spacial score (nSPS) is 18.0. The molecule has 0 spiro atoms. The number of halogens is 1. The molecule has 2 unspecified atom stereocenters. The third-order valence-electron chi connectivity index (χ3n) is 4.02. The molecule has 3 rings (SSSR count). The maximum atomic E-state index is 12.2. The zero-order valence-electron chi connectivity index (χ0n) is 12.3. The molecule has 3 nitrogen and oxygen atoms in total. The van der Waals surface area contributed by atoms with Crippen molar-refractivity contribution in [1.82, 2.24) is 5.32 Å². The second-order valence-electron chi connectivity index (χ2n) is 5.53. The quantitative estimate of drug-likeness (QED) is 0.893. The smallest absolute Gasteiger partial charge is 0.222 e. The average Bonchev–Trinajstić information content (AvgIpc) is 2.97. The molecule has 0 radical (unpaired) electrons. The molecule has 22 heavy (non-hydrogen) atoms. The van der Waals surface area contributed by atoms with Gasteiger partial charge in [0, 0.05) is 17.3 Å². The highest BCUT2D eigenvalue weighted by atomic mass is 35.5. The highest BCUT2D eigenvalue weighted by molar-refractivity contribution is 7.10. The molecule has 0 saturated heterocycles. The number of thiophene rings is 1. The van der Waals surface area contributed by atoms with Crippen LogP contribution in [-0.2, 0) is 11.2 Å². The van der Waals surface area contributed by atoms with Gasteiger partial charge in [0.15, 0.2) is 0 Å². The third kappa shape index (κ3) is 3.88. The molecule has 1 heterocycles. The van der Waals surface area contributed by atoms with Crippen molar-refractivity contribution in [3.8, 4) is 0 Å². The zero-order chi connectivity index (χ0) is 14.7. The van der Waals surface area contributed by atoms with E-state index in [9.17, 15) is 4.79 Å². The van der Waals surface area contributed by atoms with Crippen molar-refractivity contribution >= 4 is 29.7 Å². The van der Waals surface area contributed by atoms with Gasteiger partial charge in [-0.2, -0.15) is 0 Å². The summed E-state index contributed by atoms with van der Waals surface area (Å²) in [7, 11) is 0. The van der Waals surface area contributed by atoms with Crippen molar-refractivity contribution in [3.05, 3.63) is 57.8 Å². The summed E-state index contributed by atoms with van der Waals surface area (Å²) in [5, 5.41) is 5.27. The summed E-state index contributed by atoms with van der Waals surface area (Å²) in [5.74, 6) is 0.0374. The average molecular weight is 337 g/mol. The van der Waals surface area contributed by atoms with Crippen LogP contribution in [0.15, 0.2) is 41.8 Å². The Morgan fingerprint density at radius 1 is 1.32 bits per heavy atom. The Kier molecular flexibility index (Phi) is 6.00. The molecular formula is C17H21ClN2OS. The second-order valence-corrected chi connectivity index (χ2v) is 6.53. The number of hydrogen-bond donors (Lipinski definition) is 2. The van der Waals surface area contributed by atoms with Gasteiger partial charge in [0.05, 0.1) is 6.04 Å². The van der Waals surface area contributed by atoms with Crippen molar-refractivity contribution in [2.45, 2.75) is 37.8 Å². The molecule has 0 fully saturated rings. The molecule has 0 saturated carbocycles. The zero-order valence-corrected chi connectivity index (χ0v) is 14.0. The van der Waals surface area contributed by atoms with Crippen molar-refractivity contribution < 1.29 is 4.79 Å². The Morgan fingerprint density at radius 2 is 2.09 bits per heavy atom. The van der Waals surface area contributed by atoms with Gasteiger partial charge >= 0.3 is 0 Å². The molecule has 3 N–H and O–H groups in total. The van der Waals surface area contributed by atoms with Gasteiger partial charge < -0.3 is 11.1 Å². The number of benzene rings is 1. The van der Waals surface area contributed by atoms with E-state index in [1.807, 2.05) is 30.3 Å². The van der Waals surface area contributed by atoms with Crippen LogP contribution in [0.25, 0.3) is 0 Å². The maximum absolute atomic E-state index is 12.2. The Balaban J connectivity index is 0.00000176. The summed E-state index contributed by atoms with van der Waals surface area (Å²) < 4.78 is 0. The molecule has 118 valence electrons. The highest BCUT2D eigenvalue weighted by Crippen LogP contribution is 2.33. The molecule has 0 aliphatic heterocycles. The molecule has 1 aromatic heterocycles. The molecular weight excluding hydrogens is 316 g/mol. The fourth-order valence-corrected chi connectivity index (χ4v) is 3.89. The standard InChI is InChI=1S/C17H20N2OS.ClH/c18-14(12-5-2-1-3-6-12)11-17(20)19-15-7-4-8-16-13(15)9-10-21-16;/h1-3,5-6,9-10,14-15H,4,7-8,11,18H2,(H,19,20);1H. The first-order valence-corrected chi connectivity index (χ1v) is 8.28. The van der Waals surface area contributed by atoms with E-state index in [-0.39, 0.29) is 30.4 Å². The summed E-state index contributed by atoms with van der Waals surface area (Å²) in [6, 6.07) is 11.9. The fraction of sp³-hybridized carbons (Fsp3) is 0.353. The van der Waals surface area contributed by atoms with Crippen LogP contribution in [-0.4, -0.2) is 5.91 Å². The summed E-state index contributed by atoms with van der Waals surface area (Å²) >= 11 is 1.79. The van der Waals surface area contributed by atoms with Crippen molar-refractivity contribution in [1.29, 1.82) is 0 Å². The van der Waals surface area contributed by atoms with Crippen LogP contribution in [0.2, 0.25) is 0 Å². The predicted molar refractivity (Wildman–Crippen MR) is 93.4 cm³/mol. The molecule has 1 aliphatic carbocycles. The number of nitrogens with one attached hydrogen (secondary N) is 1. The summed E-state index contributed by atoms with van der Waals surface area (Å²) in [6.07, 6.45) is 3.64. The van der Waals surface area contributed by atoms with Crippen LogP contribution in [0, 0.1) is 0 Å². The third-order valence-corrected chi connectivity index (χ3v) is 5.02. The van der Waals surface area contributed by atoms with E-state index >= 15 is 0 Å². The van der Waals surface area contributed by atoms with Crippen molar-refractivity contribution in [3.63, 3.8) is 0 Å². The van der Waals surface area contributed by atoms with E-state index in [4.69, 9.17) is 5.73 Å². The van der Waals surface area contributed by atoms with Crippen LogP contribution in [0.1, 0.15) is 47.4 Å². The van der Waals surface area contributed by atoms with Gasteiger partial charge in [0.2, 0.25) is 5.91 Å². The minimum absolute atomic E-state index is 0. The first kappa shape index (κ1) is 17.0. The van der Waals surface area contributed by atoms with E-state index < -0.39 is 0 Å². The number of carbonyl (C=O) groups excluding carboxylic acids is 1. The Labute approximate surface area is 141 Å². The van der Waals surface area contributed by atoms with E-state index in [2.05, 4.69) is 16.8 Å². The van der Waals surface area contributed by atoms with Gasteiger partial charge in [-0.1, -0.05) is 30.3 Å². The summed E-state index contributed by atoms with van der Waals surface area (Å²) in [5.41, 5.74) is 8.42. The number of rotatable bonds is 4. The van der Waals surface area contributed by atoms with Gasteiger partial charge in [0.1, 0.15) is 0 Å². The molecule has 1 amide bonds. The lowest BCUT2D eigenvalue weighted by atomic mass is 9.93. The topological polar surface area (TPSA) is 55.1 Å². The van der Waals surface area contributed by atoms with E-state index in [1.165, 1.54) is 10.4 Å². The van der Waals surface area contributed by atoms with Gasteiger partial charge in [-0.05, 0) is 41.8 Å². The lowest BCUT2D eigenvalue weighted by Gasteiger charge is -2.24. The predicted octanol–water partition coefficient (Wildman–Crippen LogP) is 3.75. The summed E-state index contributed by atoms with van der Waals surface area (Å²) in [6.45, 7) is 0. The highest BCUT2D eigenvalue weighted by Gasteiger charge is 2.23. The maximum Gasteiger partial charge on any atom is 0.222 e. The molecule has 5 heteroatoms. The van der Waals surface area contributed by atoms with Crippen LogP contribution in [0.4, 0.5) is 0 Å². The molecule has 2 atom stereocenters. The van der Waals surface area contributed by atoms with Gasteiger partial charge in [-0.15, -0.1) is 23.7 Å². The Bertz CT molecular complexity index is 614. The van der Waals surface area contributed by atoms with Gasteiger partial charge in [0.25, 0.3) is 0 Å². The van der Waals surface area contributed by atoms with Crippen LogP contribution < -0.4 is 11.1 Å². The minimum Gasteiger partial charge on any atom is -0.349 e. The van der Waals surface area contributed by atoms with E-state index in [0.717, 1.165) is 24.8 Å². The number of nitrogens with two attached hydrogens (primary N) is 1.